The SMILES string of the molecule is C#CCOc1ccccc1/C=N/NC(=O)COc1cccc(Cl)c1Cl. The predicted octanol–water partition coefficient (Wildman–Crippen LogP) is 3.53. The Kier molecular flexibility index (Phi) is 7.15. The van der Waals surface area contributed by atoms with Crippen LogP contribution in [0.1, 0.15) is 5.56 Å². The van der Waals surface area contributed by atoms with Crippen LogP contribution < -0.4 is 14.9 Å². The van der Waals surface area contributed by atoms with E-state index < -0.39 is 5.91 Å². The van der Waals surface area contributed by atoms with Crippen molar-refractivity contribution < 1.29 is 14.3 Å². The first-order chi connectivity index (χ1) is 12.1. The average molecular weight is 377 g/mol. The predicted molar refractivity (Wildman–Crippen MR) is 98.5 cm³/mol. The molecule has 25 heavy (non-hydrogen) atoms. The second-order valence-corrected chi connectivity index (χ2v) is 5.45. The highest BCUT2D eigenvalue weighted by molar-refractivity contribution is 6.42. The van der Waals surface area contributed by atoms with Crippen molar-refractivity contribution in [2.75, 3.05) is 13.2 Å². The van der Waals surface area contributed by atoms with Gasteiger partial charge in [0.15, 0.2) is 6.61 Å². The van der Waals surface area contributed by atoms with Crippen LogP contribution in [0.3, 0.4) is 0 Å². The highest BCUT2D eigenvalue weighted by Gasteiger charge is 2.08. The second-order valence-electron chi connectivity index (χ2n) is 4.66. The third kappa shape index (κ3) is 5.71. The van der Waals surface area contributed by atoms with Gasteiger partial charge in [0.2, 0.25) is 0 Å². The number of hydrogen-bond donors (Lipinski definition) is 1. The summed E-state index contributed by atoms with van der Waals surface area (Å²) < 4.78 is 10.7. The van der Waals surface area contributed by atoms with Gasteiger partial charge in [-0.05, 0) is 24.3 Å². The summed E-state index contributed by atoms with van der Waals surface area (Å²) in [7, 11) is 0. The molecule has 1 N–H and O–H groups in total. The number of amides is 1. The van der Waals surface area contributed by atoms with Crippen LogP contribution in [0.4, 0.5) is 0 Å². The lowest BCUT2D eigenvalue weighted by molar-refractivity contribution is -0.123. The fraction of sp³-hybridized carbons (Fsp3) is 0.111. The topological polar surface area (TPSA) is 59.9 Å². The Labute approximate surface area is 155 Å². The number of nitrogens with one attached hydrogen (secondary N) is 1. The number of carbonyl (C=O) groups is 1. The molecule has 0 unspecified atom stereocenters. The molecule has 0 fully saturated rings. The second kappa shape index (κ2) is 9.58. The number of carbonyl (C=O) groups excluding carboxylic acids is 1. The zero-order valence-corrected chi connectivity index (χ0v) is 14.6. The van der Waals surface area contributed by atoms with Crippen LogP contribution in [0.15, 0.2) is 47.6 Å². The quantitative estimate of drug-likeness (QED) is 0.456. The summed E-state index contributed by atoms with van der Waals surface area (Å²) in [5, 5.41) is 4.47. The molecule has 0 aromatic heterocycles. The molecule has 2 rings (SSSR count). The van der Waals surface area contributed by atoms with Crippen LogP contribution >= 0.6 is 23.2 Å². The molecule has 0 saturated heterocycles. The normalized spacial score (nSPS) is 10.3. The first-order valence-electron chi connectivity index (χ1n) is 7.16. The summed E-state index contributed by atoms with van der Waals surface area (Å²) in [5.41, 5.74) is 3.03. The first kappa shape index (κ1) is 18.7. The highest BCUT2D eigenvalue weighted by Crippen LogP contribution is 2.31. The van der Waals surface area contributed by atoms with Gasteiger partial charge in [0.25, 0.3) is 5.91 Å². The van der Waals surface area contributed by atoms with Crippen LogP contribution in [-0.2, 0) is 4.79 Å². The van der Waals surface area contributed by atoms with Gasteiger partial charge in [0, 0.05) is 5.56 Å². The van der Waals surface area contributed by atoms with E-state index in [9.17, 15) is 4.79 Å². The molecule has 0 aliphatic rings. The van der Waals surface area contributed by atoms with E-state index in [1.165, 1.54) is 6.21 Å². The third-order valence-corrected chi connectivity index (χ3v) is 3.70. The lowest BCUT2D eigenvalue weighted by atomic mass is 10.2. The summed E-state index contributed by atoms with van der Waals surface area (Å²) in [5.74, 6) is 2.83. The Morgan fingerprint density at radius 3 is 2.72 bits per heavy atom. The number of terminal acetylenes is 1. The maximum absolute atomic E-state index is 11.8. The smallest absolute Gasteiger partial charge is 0.277 e. The van der Waals surface area contributed by atoms with E-state index in [0.717, 1.165) is 0 Å². The van der Waals surface area contributed by atoms with Crippen LogP contribution in [0, 0.1) is 12.3 Å². The lowest BCUT2D eigenvalue weighted by Gasteiger charge is -2.08. The summed E-state index contributed by atoms with van der Waals surface area (Å²) in [6.45, 7) is -0.113. The molecule has 5 nitrogen and oxygen atoms in total. The molecule has 0 radical (unpaired) electrons. The number of halogens is 2. The highest BCUT2D eigenvalue weighted by atomic mass is 35.5. The molecule has 0 aliphatic heterocycles. The lowest BCUT2D eigenvalue weighted by Crippen LogP contribution is -2.24. The molecule has 0 atom stereocenters. The van der Waals surface area contributed by atoms with Crippen LogP contribution in [-0.4, -0.2) is 25.3 Å². The minimum absolute atomic E-state index is 0.144. The molecule has 2 aromatic rings. The van der Waals surface area contributed by atoms with Gasteiger partial charge in [-0.2, -0.15) is 5.10 Å². The van der Waals surface area contributed by atoms with Crippen molar-refractivity contribution in [3.05, 3.63) is 58.1 Å². The number of ether oxygens (including phenoxy) is 2. The number of hydrazone groups is 1. The number of para-hydroxylation sites is 1. The van der Waals surface area contributed by atoms with Crippen molar-refractivity contribution in [2.24, 2.45) is 5.10 Å². The molecule has 0 aliphatic carbocycles. The number of rotatable bonds is 7. The van der Waals surface area contributed by atoms with E-state index in [2.05, 4.69) is 16.4 Å². The summed E-state index contributed by atoms with van der Waals surface area (Å²) in [6.07, 6.45) is 6.62. The molecule has 2 aromatic carbocycles. The monoisotopic (exact) mass is 376 g/mol. The molecule has 1 amide bonds. The summed E-state index contributed by atoms with van der Waals surface area (Å²) in [6, 6.07) is 12.1. The zero-order chi connectivity index (χ0) is 18.1. The largest absolute Gasteiger partial charge is 0.482 e. The zero-order valence-electron chi connectivity index (χ0n) is 13.0. The van der Waals surface area contributed by atoms with Crippen LogP contribution in [0.25, 0.3) is 0 Å². The van der Waals surface area contributed by atoms with Gasteiger partial charge in [-0.15, -0.1) is 6.42 Å². The van der Waals surface area contributed by atoms with E-state index in [4.69, 9.17) is 39.1 Å². The van der Waals surface area contributed by atoms with Crippen molar-refractivity contribution in [1.29, 1.82) is 0 Å². The van der Waals surface area contributed by atoms with Crippen molar-refractivity contribution in [1.82, 2.24) is 5.43 Å². The molecular formula is C18H14Cl2N2O3. The van der Waals surface area contributed by atoms with E-state index >= 15 is 0 Å². The standard InChI is InChI=1S/C18H14Cl2N2O3/c1-2-10-24-15-8-4-3-6-13(15)11-21-22-17(23)12-25-16-9-5-7-14(19)18(16)20/h1,3-9,11H,10,12H2,(H,22,23)/b21-11+. The van der Waals surface area contributed by atoms with Crippen molar-refractivity contribution >= 4 is 35.3 Å². The molecular weight excluding hydrogens is 363 g/mol. The van der Waals surface area contributed by atoms with Gasteiger partial charge in [-0.1, -0.05) is 47.3 Å². The molecule has 7 heteroatoms. The number of benzene rings is 2. The average Bonchev–Trinajstić information content (AvgIpc) is 2.62. The molecule has 0 spiro atoms. The Morgan fingerprint density at radius 1 is 1.16 bits per heavy atom. The van der Waals surface area contributed by atoms with E-state index in [-0.39, 0.29) is 18.2 Å². The summed E-state index contributed by atoms with van der Waals surface area (Å²) >= 11 is 11.8. The molecule has 0 bridgehead atoms. The minimum atomic E-state index is -0.450. The Bertz CT molecular complexity index is 816. The van der Waals surface area contributed by atoms with Gasteiger partial charge in [0.1, 0.15) is 23.1 Å². The minimum Gasteiger partial charge on any atom is -0.482 e. The number of hydrogen-bond acceptors (Lipinski definition) is 4. The maximum atomic E-state index is 11.8. The van der Waals surface area contributed by atoms with Crippen LogP contribution in [0.5, 0.6) is 11.5 Å². The van der Waals surface area contributed by atoms with Gasteiger partial charge >= 0.3 is 0 Å². The van der Waals surface area contributed by atoms with E-state index in [1.807, 2.05) is 12.1 Å². The van der Waals surface area contributed by atoms with Gasteiger partial charge in [-0.3, -0.25) is 4.79 Å². The van der Waals surface area contributed by atoms with Crippen molar-refractivity contribution in [3.8, 4) is 23.8 Å². The third-order valence-electron chi connectivity index (χ3n) is 2.90. The van der Waals surface area contributed by atoms with Gasteiger partial charge < -0.3 is 9.47 Å². The van der Waals surface area contributed by atoms with Gasteiger partial charge in [0.05, 0.1) is 11.2 Å². The molecule has 0 saturated carbocycles. The Balaban J connectivity index is 1.89. The van der Waals surface area contributed by atoms with E-state index in [0.29, 0.717) is 22.1 Å². The van der Waals surface area contributed by atoms with Crippen molar-refractivity contribution in [2.45, 2.75) is 0 Å². The van der Waals surface area contributed by atoms with E-state index in [1.54, 1.807) is 30.3 Å². The molecule has 0 heterocycles. The number of nitrogens with zero attached hydrogens (tertiary/aromatic N) is 1. The fourth-order valence-electron chi connectivity index (χ4n) is 1.78. The van der Waals surface area contributed by atoms with Crippen molar-refractivity contribution in [3.63, 3.8) is 0 Å². The molecule has 128 valence electrons. The maximum Gasteiger partial charge on any atom is 0.277 e. The van der Waals surface area contributed by atoms with Gasteiger partial charge in [-0.25, -0.2) is 5.43 Å². The fourth-order valence-corrected chi connectivity index (χ4v) is 2.13. The summed E-state index contributed by atoms with van der Waals surface area (Å²) in [4.78, 5) is 11.8. The Morgan fingerprint density at radius 2 is 1.92 bits per heavy atom. The Hall–Kier alpha value is -2.68. The first-order valence-corrected chi connectivity index (χ1v) is 7.91. The van der Waals surface area contributed by atoms with Crippen LogP contribution in [0.2, 0.25) is 10.0 Å².